The molecule has 6 aromatic carbocycles. The van der Waals surface area contributed by atoms with Gasteiger partial charge in [0, 0.05) is 34.7 Å². The van der Waals surface area contributed by atoms with Crippen molar-refractivity contribution in [2.75, 3.05) is 151 Å². The molecule has 0 aliphatic rings. The van der Waals surface area contributed by atoms with E-state index < -0.39 is 0 Å². The highest BCUT2D eigenvalue weighted by Crippen LogP contribution is 2.21. The van der Waals surface area contributed by atoms with Crippen LogP contribution in [0.3, 0.4) is 0 Å². The van der Waals surface area contributed by atoms with Gasteiger partial charge in [-0.05, 0) is 72.9 Å². The summed E-state index contributed by atoms with van der Waals surface area (Å²) in [6.45, 7) is 39.5. The van der Waals surface area contributed by atoms with Gasteiger partial charge >= 0.3 is 0 Å². The zero-order valence-electron chi connectivity index (χ0n) is 65.3. The van der Waals surface area contributed by atoms with Crippen molar-refractivity contribution in [3.8, 4) is 0 Å². The van der Waals surface area contributed by atoms with Crippen molar-refractivity contribution in [1.82, 2.24) is 4.48 Å². The molecule has 0 aromatic heterocycles. The number of benzene rings is 6. The van der Waals surface area contributed by atoms with E-state index in [1.165, 1.54) is 164 Å². The summed E-state index contributed by atoms with van der Waals surface area (Å²) in [5.41, 5.74) is 13.4. The maximum absolute atomic E-state index is 4.81. The molecule has 9 nitrogen and oxygen atoms in total. The molecule has 0 atom stereocenters. The monoisotopic (exact) mass is 1550 g/mol. The van der Waals surface area contributed by atoms with E-state index in [1.54, 1.807) is 6.92 Å². The number of amidine groups is 1. The van der Waals surface area contributed by atoms with Crippen molar-refractivity contribution in [1.29, 1.82) is 0 Å². The molecule has 0 spiro atoms. The summed E-state index contributed by atoms with van der Waals surface area (Å²) < 4.78 is 7.57. The fourth-order valence-corrected chi connectivity index (χ4v) is 10.1. The summed E-state index contributed by atoms with van der Waals surface area (Å²) >= 11 is 0. The summed E-state index contributed by atoms with van der Waals surface area (Å²) in [5, 5.41) is 4.81. The summed E-state index contributed by atoms with van der Waals surface area (Å²) in [6.07, 6.45) is 8.02. The smallest absolute Gasteiger partial charge is 0.235 e. The van der Waals surface area contributed by atoms with Gasteiger partial charge < -0.3 is 131 Å². The molecule has 0 fully saturated rings. The predicted molar refractivity (Wildman–Crippen MR) is 397 cm³/mol. The third kappa shape index (κ3) is 64.8. The molecular formula is C80H143BrCl7N9. The summed E-state index contributed by atoms with van der Waals surface area (Å²) in [4.78, 5) is 0. The number of unbranched alkanes of at least 4 members (excludes halogenated alkanes) is 3. The molecule has 0 radical (unpaired) electrons. The molecule has 0 amide bonds. The van der Waals surface area contributed by atoms with Crippen LogP contribution in [0.4, 0.5) is 5.69 Å². The molecule has 564 valence electrons. The average Bonchev–Trinajstić information content (AvgIpc) is 1.72. The van der Waals surface area contributed by atoms with Gasteiger partial charge in [-0.2, -0.15) is 0 Å². The Kier molecular flexibility index (Phi) is 77.3. The van der Waals surface area contributed by atoms with Gasteiger partial charge in [-0.3, -0.25) is 15.6 Å². The van der Waals surface area contributed by atoms with E-state index in [2.05, 4.69) is 330 Å². The second kappa shape index (κ2) is 65.1. The van der Waals surface area contributed by atoms with Gasteiger partial charge in [0.25, 0.3) is 0 Å². The number of rotatable bonds is 26. The van der Waals surface area contributed by atoms with Crippen LogP contribution in [0.25, 0.3) is 0 Å². The Hall–Kier alpha value is -2.98. The topological polar surface area (TPSA) is 51.6 Å². The van der Waals surface area contributed by atoms with Gasteiger partial charge in [0.1, 0.15) is 38.4 Å². The van der Waals surface area contributed by atoms with Crippen LogP contribution in [0.2, 0.25) is 0 Å². The van der Waals surface area contributed by atoms with Crippen molar-refractivity contribution < 1.29 is 136 Å². The van der Waals surface area contributed by atoms with Crippen LogP contribution < -0.4 is 119 Å². The third-order valence-electron chi connectivity index (χ3n) is 15.6. The molecule has 6 aromatic rings. The highest BCUT2D eigenvalue weighted by atomic mass is 79.9. The minimum absolute atomic E-state index is 0. The number of quaternary nitrogens is 7. The summed E-state index contributed by atoms with van der Waals surface area (Å²) in [7, 11) is 28.2. The Balaban J connectivity index is -0.000000113. The Labute approximate surface area is 653 Å². The van der Waals surface area contributed by atoms with Crippen LogP contribution in [0.1, 0.15) is 136 Å². The molecule has 0 unspecified atom stereocenters. The molecule has 0 bridgehead atoms. The van der Waals surface area contributed by atoms with E-state index in [0.717, 1.165) is 31.0 Å². The SMILES string of the molecule is CC(N)=[NH2+].CCCC[N+](CCCC)(CCCC)Cc1ccccc1.CC[N+](CC)(CC)Cc1ccccc1.CC[N+](CC)(CC)Cc1ccccc1.C[N+](C)(C)C.C[N+](C)(C)Cc1ccccc1.C[N+](C)(C)Cc1ccccc1.C[N+](C)(C)c1ccccc1.[Br-].[Cl-].[Cl-].[Cl-].[Cl-].[Cl-].[Cl-].[Cl-]. The molecule has 0 saturated carbocycles. The van der Waals surface area contributed by atoms with Crippen molar-refractivity contribution in [2.24, 2.45) is 5.73 Å². The standard InChI is InChI=1S/C19H34N.2C13H22N.2C10H16N.C9H14N.C4H12N.C2H6N2.BrH.7ClH/c1-4-7-15-20(16-8-5-2,17-9-6-3)18-19-13-11-10-12-14-19;2*1-4-14(5-2,6-3)12-13-10-8-7-9-11-13;2*1-11(2,3)9-10-7-5-4-6-8-10;1-10(2,3)9-7-5-4-6-8-9;1-5(2,3)4;1-2(3)4;;;;;;;;/h10-14H,4-9,15-18H2,1-3H3;2*7-11H,4-6,12H2,1-3H3;2*4-8H,9H2,1-3H3;4-8H,1-3H3;1-4H3;1H3,(H3,3,4);8*1H/q7*+1;;;;;;;;;/p-7. The normalized spacial score (nSPS) is 10.5. The first-order valence-corrected chi connectivity index (χ1v) is 34.1. The fraction of sp³-hybridized carbons (Fsp3) is 0.537. The lowest BCUT2D eigenvalue weighted by Gasteiger charge is -2.39. The van der Waals surface area contributed by atoms with E-state index in [1.807, 2.05) is 6.07 Å². The van der Waals surface area contributed by atoms with Gasteiger partial charge in [0.15, 0.2) is 0 Å². The minimum Gasteiger partial charge on any atom is -1.00 e. The lowest BCUT2D eigenvalue weighted by atomic mass is 10.1. The molecular weight excluding hydrogens is 1420 g/mol. The van der Waals surface area contributed by atoms with E-state index in [0.29, 0.717) is 5.84 Å². The number of hydrogen-bond acceptors (Lipinski definition) is 0. The van der Waals surface area contributed by atoms with Crippen LogP contribution >= 0.6 is 0 Å². The molecule has 0 saturated heterocycles. The van der Waals surface area contributed by atoms with E-state index in [-0.39, 0.29) is 104 Å². The number of para-hydroxylation sites is 1. The van der Waals surface area contributed by atoms with Gasteiger partial charge in [0.2, 0.25) is 5.84 Å². The van der Waals surface area contributed by atoms with Crippen LogP contribution in [0.15, 0.2) is 182 Å². The first kappa shape index (κ1) is 115. The zero-order valence-corrected chi connectivity index (χ0v) is 72.1. The Morgan fingerprint density at radius 1 is 0.299 bits per heavy atom. The number of halogens is 8. The molecule has 4 N–H and O–H groups in total. The molecule has 97 heavy (non-hydrogen) atoms. The Bertz CT molecular complexity index is 2410. The lowest BCUT2D eigenvalue weighted by Crippen LogP contribution is -3.00. The molecule has 0 aliphatic carbocycles. The molecule has 17 heteroatoms. The number of nitrogens with two attached hydrogens (primary N) is 2. The Morgan fingerprint density at radius 3 is 0.608 bits per heavy atom. The highest BCUT2D eigenvalue weighted by molar-refractivity contribution is 5.70. The second-order valence-corrected chi connectivity index (χ2v) is 28.7. The van der Waals surface area contributed by atoms with Crippen molar-refractivity contribution in [2.45, 2.75) is 140 Å². The quantitative estimate of drug-likeness (QED) is 0.0317. The Morgan fingerprint density at radius 2 is 0.464 bits per heavy atom. The van der Waals surface area contributed by atoms with Crippen LogP contribution in [-0.4, -0.2) is 183 Å². The van der Waals surface area contributed by atoms with E-state index in [4.69, 9.17) is 11.1 Å². The van der Waals surface area contributed by atoms with Crippen LogP contribution in [0, 0.1) is 0 Å². The van der Waals surface area contributed by atoms with Crippen molar-refractivity contribution in [3.63, 3.8) is 0 Å². The fourth-order valence-electron chi connectivity index (χ4n) is 10.1. The third-order valence-corrected chi connectivity index (χ3v) is 15.6. The van der Waals surface area contributed by atoms with Gasteiger partial charge in [0.05, 0.1) is 151 Å². The van der Waals surface area contributed by atoms with Crippen molar-refractivity contribution >= 4 is 11.5 Å². The average molecular weight is 1560 g/mol. The zero-order chi connectivity index (χ0) is 67.9. The highest BCUT2D eigenvalue weighted by Gasteiger charge is 2.26. The number of nitrogens with zero attached hydrogens (tertiary/aromatic N) is 7. The van der Waals surface area contributed by atoms with Gasteiger partial charge in [-0.15, -0.1) is 0 Å². The van der Waals surface area contributed by atoms with E-state index >= 15 is 0 Å². The van der Waals surface area contributed by atoms with Gasteiger partial charge in [-0.25, -0.2) is 0 Å². The van der Waals surface area contributed by atoms with Crippen LogP contribution in [0.5, 0.6) is 0 Å². The first-order valence-electron chi connectivity index (χ1n) is 34.1. The van der Waals surface area contributed by atoms with Gasteiger partial charge in [-0.1, -0.05) is 210 Å². The molecule has 0 aliphatic heterocycles. The van der Waals surface area contributed by atoms with Crippen molar-refractivity contribution in [3.05, 3.63) is 210 Å². The minimum atomic E-state index is 0. The summed E-state index contributed by atoms with van der Waals surface area (Å²) in [5.74, 6) is 0.417. The summed E-state index contributed by atoms with van der Waals surface area (Å²) in [6, 6.07) is 64.3. The largest absolute Gasteiger partial charge is 1.00 e. The maximum atomic E-state index is 4.81. The van der Waals surface area contributed by atoms with Crippen LogP contribution in [-0.2, 0) is 32.7 Å². The molecule has 0 heterocycles. The maximum Gasteiger partial charge on any atom is 0.235 e. The second-order valence-electron chi connectivity index (χ2n) is 28.7. The first-order chi connectivity index (χ1) is 41.8. The van der Waals surface area contributed by atoms with E-state index in [9.17, 15) is 0 Å². The lowest BCUT2D eigenvalue weighted by molar-refractivity contribution is -0.941. The number of hydrogen-bond donors (Lipinski definition) is 2. The predicted octanol–water partition coefficient (Wildman–Crippen LogP) is -8.32. The molecule has 6 rings (SSSR count).